The van der Waals surface area contributed by atoms with E-state index in [4.69, 9.17) is 10.5 Å². The molecule has 3 rings (SSSR count). The summed E-state index contributed by atoms with van der Waals surface area (Å²) < 4.78 is 18.1. The number of fused-ring (bicyclic) bond motifs is 1. The third-order valence-corrected chi connectivity index (χ3v) is 4.15. The third-order valence-electron chi connectivity index (χ3n) is 4.15. The normalized spacial score (nSPS) is 13.9. The lowest BCUT2D eigenvalue weighted by atomic mass is 9.99. The second-order valence-electron chi connectivity index (χ2n) is 5.70. The third kappa shape index (κ3) is 4.28. The van der Waals surface area contributed by atoms with Crippen molar-refractivity contribution in [3.8, 4) is 5.75 Å². The van der Waals surface area contributed by atoms with Gasteiger partial charge in [0.25, 0.3) is 0 Å². The number of nitrogens with zero attached hydrogens (tertiary/aromatic N) is 1. The molecule has 5 heteroatoms. The summed E-state index contributed by atoms with van der Waals surface area (Å²) in [4.78, 5) is 2.38. The maximum absolute atomic E-state index is 12.5. The van der Waals surface area contributed by atoms with Gasteiger partial charge in [-0.25, -0.2) is 4.39 Å². The van der Waals surface area contributed by atoms with Crippen LogP contribution in [0.15, 0.2) is 60.4 Å². The fraction of sp³-hybridized carbons (Fsp3) is 0.263. The van der Waals surface area contributed by atoms with E-state index in [-0.39, 0.29) is 25.6 Å². The van der Waals surface area contributed by atoms with E-state index in [1.54, 1.807) is 0 Å². The fourth-order valence-corrected chi connectivity index (χ4v) is 2.79. The molecule has 1 aliphatic rings. The molecule has 0 spiro atoms. The molecule has 0 atom stereocenters. The predicted octanol–water partition coefficient (Wildman–Crippen LogP) is 3.86. The topological polar surface area (TPSA) is 38.5 Å². The fourth-order valence-electron chi connectivity index (χ4n) is 2.79. The van der Waals surface area contributed by atoms with Crippen molar-refractivity contribution in [1.82, 2.24) is 0 Å². The predicted molar refractivity (Wildman–Crippen MR) is 98.6 cm³/mol. The molecule has 0 radical (unpaired) electrons. The quantitative estimate of drug-likeness (QED) is 0.891. The average molecular weight is 349 g/mol. The molecule has 2 aromatic carbocycles. The summed E-state index contributed by atoms with van der Waals surface area (Å²) in [5.74, 6) is 0.768. The molecule has 0 fully saturated rings. The molecular formula is C19H22ClFN2O. The zero-order valence-electron chi connectivity index (χ0n) is 13.5. The van der Waals surface area contributed by atoms with E-state index in [1.807, 2.05) is 12.1 Å². The Bertz CT molecular complexity index is 691. The number of ether oxygens (including phenoxy) is 1. The number of hydrogen-bond acceptors (Lipinski definition) is 3. The van der Waals surface area contributed by atoms with Crippen LogP contribution in [0, 0.1) is 0 Å². The Labute approximate surface area is 148 Å². The molecule has 0 unspecified atom stereocenters. The van der Waals surface area contributed by atoms with Gasteiger partial charge in [-0.05, 0) is 41.8 Å². The summed E-state index contributed by atoms with van der Waals surface area (Å²) in [7, 11) is 0. The van der Waals surface area contributed by atoms with Crippen molar-refractivity contribution in [2.75, 3.05) is 24.6 Å². The maximum Gasteiger partial charge on any atom is 0.120 e. The van der Waals surface area contributed by atoms with Crippen molar-refractivity contribution >= 4 is 18.1 Å². The van der Waals surface area contributed by atoms with E-state index < -0.39 is 0 Å². The lowest BCUT2D eigenvalue weighted by molar-refractivity contribution is 0.347. The van der Waals surface area contributed by atoms with Gasteiger partial charge >= 0.3 is 0 Å². The highest BCUT2D eigenvalue weighted by Crippen LogP contribution is 2.27. The smallest absolute Gasteiger partial charge is 0.120 e. The molecule has 0 saturated carbocycles. The summed E-state index contributed by atoms with van der Waals surface area (Å²) in [6.07, 6.45) is 1.50. The summed E-state index contributed by atoms with van der Waals surface area (Å²) in [6, 6.07) is 16.5. The largest absolute Gasteiger partial charge is 0.489 e. The molecule has 0 amide bonds. The highest BCUT2D eigenvalue weighted by Gasteiger charge is 2.17. The molecule has 0 aliphatic carbocycles. The van der Waals surface area contributed by atoms with Crippen LogP contribution in [0.2, 0.25) is 0 Å². The molecule has 2 aromatic rings. The molecule has 128 valence electrons. The van der Waals surface area contributed by atoms with Gasteiger partial charge in [0, 0.05) is 30.9 Å². The second kappa shape index (κ2) is 8.71. The van der Waals surface area contributed by atoms with Gasteiger partial charge in [0.2, 0.25) is 0 Å². The van der Waals surface area contributed by atoms with E-state index in [1.165, 1.54) is 16.8 Å². The number of hydrogen-bond donors (Lipinski definition) is 1. The first-order chi connectivity index (χ1) is 11.3. The van der Waals surface area contributed by atoms with Crippen molar-refractivity contribution in [3.05, 3.63) is 71.6 Å². The Balaban J connectivity index is 0.00000208. The summed E-state index contributed by atoms with van der Waals surface area (Å²) in [5.41, 5.74) is 9.75. The molecule has 1 aliphatic heterocycles. The number of halogens is 2. The van der Waals surface area contributed by atoms with Crippen LogP contribution in [0.4, 0.5) is 10.1 Å². The first kappa shape index (κ1) is 18.3. The molecule has 3 nitrogen and oxygen atoms in total. The lowest BCUT2D eigenvalue weighted by Crippen LogP contribution is -2.30. The Hall–Kier alpha value is -2.04. The van der Waals surface area contributed by atoms with Gasteiger partial charge in [-0.1, -0.05) is 24.3 Å². The van der Waals surface area contributed by atoms with Crippen LogP contribution < -0.4 is 15.4 Å². The minimum atomic E-state index is 0. The van der Waals surface area contributed by atoms with Gasteiger partial charge in [-0.2, -0.15) is 0 Å². The minimum absolute atomic E-state index is 0. The monoisotopic (exact) mass is 348 g/mol. The van der Waals surface area contributed by atoms with Crippen LogP contribution in [-0.4, -0.2) is 19.7 Å². The number of benzene rings is 2. The van der Waals surface area contributed by atoms with E-state index in [9.17, 15) is 4.39 Å². The van der Waals surface area contributed by atoms with Crippen molar-refractivity contribution in [2.24, 2.45) is 5.73 Å². The van der Waals surface area contributed by atoms with Crippen LogP contribution in [0.5, 0.6) is 5.75 Å². The number of para-hydroxylation sites is 1. The first-order valence-corrected chi connectivity index (χ1v) is 7.83. The molecule has 0 bridgehead atoms. The second-order valence-corrected chi connectivity index (χ2v) is 5.70. The van der Waals surface area contributed by atoms with Gasteiger partial charge < -0.3 is 15.4 Å². The van der Waals surface area contributed by atoms with Crippen LogP contribution in [0.3, 0.4) is 0 Å². The zero-order valence-corrected chi connectivity index (χ0v) is 14.3. The van der Waals surface area contributed by atoms with Crippen molar-refractivity contribution < 1.29 is 9.13 Å². The lowest BCUT2D eigenvalue weighted by Gasteiger charge is -2.31. The number of anilines is 1. The minimum Gasteiger partial charge on any atom is -0.489 e. The van der Waals surface area contributed by atoms with Crippen LogP contribution >= 0.6 is 12.4 Å². The van der Waals surface area contributed by atoms with E-state index in [0.717, 1.165) is 25.3 Å². The molecule has 1 heterocycles. The van der Waals surface area contributed by atoms with Crippen LogP contribution in [0.1, 0.15) is 11.1 Å². The summed E-state index contributed by atoms with van der Waals surface area (Å²) in [6.45, 7) is 2.26. The zero-order chi connectivity index (χ0) is 16.1. The Kier molecular flexibility index (Phi) is 6.64. The summed E-state index contributed by atoms with van der Waals surface area (Å²) in [5, 5.41) is 0. The highest BCUT2D eigenvalue weighted by atomic mass is 35.5. The number of rotatable bonds is 5. The van der Waals surface area contributed by atoms with Crippen molar-refractivity contribution in [2.45, 2.75) is 13.0 Å². The molecule has 0 saturated heterocycles. The molecular weight excluding hydrogens is 327 g/mol. The molecule has 0 aromatic heterocycles. The van der Waals surface area contributed by atoms with Gasteiger partial charge in [-0.3, -0.25) is 0 Å². The van der Waals surface area contributed by atoms with E-state index in [2.05, 4.69) is 41.3 Å². The van der Waals surface area contributed by atoms with Crippen molar-refractivity contribution in [3.63, 3.8) is 0 Å². The molecule has 2 N–H and O–H groups in total. The highest BCUT2D eigenvalue weighted by molar-refractivity contribution is 5.85. The van der Waals surface area contributed by atoms with Gasteiger partial charge in [0.1, 0.15) is 12.4 Å². The maximum atomic E-state index is 12.5. The summed E-state index contributed by atoms with van der Waals surface area (Å²) >= 11 is 0. The average Bonchev–Trinajstić information content (AvgIpc) is 2.63. The Morgan fingerprint density at radius 3 is 2.67 bits per heavy atom. The van der Waals surface area contributed by atoms with E-state index >= 15 is 0 Å². The number of nitrogens with two attached hydrogens (primary N) is 1. The van der Waals surface area contributed by atoms with E-state index in [0.29, 0.717) is 11.9 Å². The Morgan fingerprint density at radius 2 is 1.96 bits per heavy atom. The Morgan fingerprint density at radius 1 is 1.17 bits per heavy atom. The molecule has 24 heavy (non-hydrogen) atoms. The van der Waals surface area contributed by atoms with Crippen LogP contribution in [0.25, 0.3) is 0 Å². The van der Waals surface area contributed by atoms with Crippen LogP contribution in [-0.2, 0) is 13.0 Å². The SMILES string of the molecule is Cl.NCC(=CF)COc1ccc2c(c1)CCN(c1ccccc1)C2. The van der Waals surface area contributed by atoms with Gasteiger partial charge in [0.05, 0.1) is 6.33 Å². The van der Waals surface area contributed by atoms with Gasteiger partial charge in [0.15, 0.2) is 0 Å². The standard InChI is InChI=1S/C19H21FN2O.ClH/c20-11-15(12-21)14-23-19-7-6-17-13-22(9-8-16(17)10-19)18-4-2-1-3-5-18;/h1-7,10-11H,8-9,12-14,21H2;1H. The first-order valence-electron chi connectivity index (χ1n) is 7.83. The van der Waals surface area contributed by atoms with Gasteiger partial charge in [-0.15, -0.1) is 12.4 Å². The van der Waals surface area contributed by atoms with Crippen molar-refractivity contribution in [1.29, 1.82) is 0 Å².